The van der Waals surface area contributed by atoms with Gasteiger partial charge in [-0.3, -0.25) is 4.55 Å². The first-order chi connectivity index (χ1) is 14.3. The van der Waals surface area contributed by atoms with Crippen LogP contribution in [0.1, 0.15) is 18.5 Å². The van der Waals surface area contributed by atoms with E-state index >= 15 is 0 Å². The molecule has 3 aliphatic heterocycles. The Balaban J connectivity index is 1.69. The Bertz CT molecular complexity index is 1070. The molecule has 0 spiro atoms. The standard InChI is InChI=1S/C20H21NO8S/c1-20(18-26-10-11-27-18)17(22)16(12-6-2-4-8-14(12)29-20)21-13-7-3-5-9-15(13)28-19(21)30(23,24)25/h2-9,16-19,22H,10-11H2,1H3,(H,23,24,25). The molecule has 0 bridgehead atoms. The van der Waals surface area contributed by atoms with E-state index in [-0.39, 0.29) is 5.75 Å². The van der Waals surface area contributed by atoms with Gasteiger partial charge in [0.15, 0.2) is 11.9 Å². The van der Waals surface area contributed by atoms with Crippen LogP contribution in [0.2, 0.25) is 0 Å². The summed E-state index contributed by atoms with van der Waals surface area (Å²) in [5.74, 6) is 0.735. The van der Waals surface area contributed by atoms with Gasteiger partial charge in [-0.1, -0.05) is 30.3 Å². The summed E-state index contributed by atoms with van der Waals surface area (Å²) in [4.78, 5) is 1.36. The van der Waals surface area contributed by atoms with Gasteiger partial charge in [0.2, 0.25) is 0 Å². The second-order valence-electron chi connectivity index (χ2n) is 7.60. The number of para-hydroxylation sites is 3. The molecule has 0 aromatic heterocycles. The lowest BCUT2D eigenvalue weighted by atomic mass is 9.83. The Labute approximate surface area is 173 Å². The van der Waals surface area contributed by atoms with Gasteiger partial charge in [0.05, 0.1) is 24.9 Å². The van der Waals surface area contributed by atoms with Crippen molar-refractivity contribution in [2.24, 2.45) is 0 Å². The summed E-state index contributed by atoms with van der Waals surface area (Å²) < 4.78 is 57.3. The molecule has 9 nitrogen and oxygen atoms in total. The third kappa shape index (κ3) is 2.87. The van der Waals surface area contributed by atoms with Crippen molar-refractivity contribution in [3.05, 3.63) is 54.1 Å². The number of nitrogens with zero attached hydrogens (tertiary/aromatic N) is 1. The van der Waals surface area contributed by atoms with Crippen LogP contribution >= 0.6 is 0 Å². The van der Waals surface area contributed by atoms with Crippen LogP contribution in [0, 0.1) is 0 Å². The van der Waals surface area contributed by atoms with Crippen LogP contribution in [0.25, 0.3) is 0 Å². The lowest BCUT2D eigenvalue weighted by molar-refractivity contribution is -0.211. The van der Waals surface area contributed by atoms with Gasteiger partial charge in [-0.15, -0.1) is 0 Å². The van der Waals surface area contributed by atoms with E-state index in [0.29, 0.717) is 30.2 Å². The quantitative estimate of drug-likeness (QED) is 0.695. The van der Waals surface area contributed by atoms with Crippen molar-refractivity contribution < 1.29 is 37.0 Å². The first kappa shape index (κ1) is 19.6. The Hall–Kier alpha value is -2.37. The molecule has 0 amide bonds. The van der Waals surface area contributed by atoms with Crippen molar-refractivity contribution in [1.29, 1.82) is 0 Å². The molecule has 160 valence electrons. The van der Waals surface area contributed by atoms with E-state index in [0.717, 1.165) is 0 Å². The van der Waals surface area contributed by atoms with Crippen molar-refractivity contribution in [3.63, 3.8) is 0 Å². The molecule has 0 radical (unpaired) electrons. The van der Waals surface area contributed by atoms with E-state index in [2.05, 4.69) is 0 Å². The molecule has 30 heavy (non-hydrogen) atoms. The summed E-state index contributed by atoms with van der Waals surface area (Å²) in [6.45, 7) is 2.36. The first-order valence-corrected chi connectivity index (χ1v) is 11.0. The number of anilines is 1. The Kier molecular flexibility index (Phi) is 4.46. The van der Waals surface area contributed by atoms with Crippen LogP contribution < -0.4 is 14.4 Å². The fourth-order valence-electron chi connectivity index (χ4n) is 4.31. The SMILES string of the molecule is CC1(C2OCCO2)Oc2ccccc2C(N2c3ccccc3OC2S(=O)(=O)O)C1O. The Morgan fingerprint density at radius 2 is 1.67 bits per heavy atom. The van der Waals surface area contributed by atoms with Crippen LogP contribution in [0.4, 0.5) is 5.69 Å². The predicted molar refractivity (Wildman–Crippen MR) is 105 cm³/mol. The van der Waals surface area contributed by atoms with Crippen molar-refractivity contribution >= 4 is 15.8 Å². The summed E-state index contributed by atoms with van der Waals surface area (Å²) in [5.41, 5.74) is -2.09. The number of benzene rings is 2. The molecule has 3 aliphatic rings. The average molecular weight is 435 g/mol. The summed E-state index contributed by atoms with van der Waals surface area (Å²) in [6.07, 6.45) is -2.14. The Morgan fingerprint density at radius 1 is 1.03 bits per heavy atom. The minimum atomic E-state index is -4.66. The van der Waals surface area contributed by atoms with E-state index in [9.17, 15) is 18.1 Å². The molecule has 4 atom stereocenters. The highest BCUT2D eigenvalue weighted by atomic mass is 32.2. The van der Waals surface area contributed by atoms with Crippen LogP contribution in [0.15, 0.2) is 48.5 Å². The summed E-state index contributed by atoms with van der Waals surface area (Å²) in [7, 11) is -4.66. The van der Waals surface area contributed by atoms with E-state index in [4.69, 9.17) is 18.9 Å². The number of hydrogen-bond acceptors (Lipinski definition) is 8. The maximum absolute atomic E-state index is 12.2. The normalized spacial score (nSPS) is 31.0. The van der Waals surface area contributed by atoms with E-state index in [1.807, 2.05) is 0 Å². The molecule has 1 saturated heterocycles. The van der Waals surface area contributed by atoms with Gasteiger partial charge in [-0.25, -0.2) is 0 Å². The number of aliphatic hydroxyl groups excluding tert-OH is 1. The monoisotopic (exact) mass is 435 g/mol. The molecule has 3 heterocycles. The highest BCUT2D eigenvalue weighted by Crippen LogP contribution is 2.51. The topological polar surface area (TPSA) is 115 Å². The largest absolute Gasteiger partial charge is 0.479 e. The van der Waals surface area contributed by atoms with Gasteiger partial charge in [0.25, 0.3) is 0 Å². The maximum Gasteiger partial charge on any atom is 0.324 e. The zero-order valence-electron chi connectivity index (χ0n) is 16.0. The molecule has 1 fully saturated rings. The zero-order valence-corrected chi connectivity index (χ0v) is 16.9. The summed E-state index contributed by atoms with van der Waals surface area (Å²) in [6, 6.07) is 12.8. The third-order valence-corrected chi connectivity index (χ3v) is 6.53. The number of aliphatic hydroxyl groups is 1. The van der Waals surface area contributed by atoms with Crippen LogP contribution in [-0.4, -0.2) is 54.8 Å². The van der Waals surface area contributed by atoms with E-state index < -0.39 is 39.7 Å². The van der Waals surface area contributed by atoms with E-state index in [1.54, 1.807) is 55.5 Å². The average Bonchev–Trinajstić information content (AvgIpc) is 3.37. The second kappa shape index (κ2) is 6.82. The number of fused-ring (bicyclic) bond motifs is 2. The predicted octanol–water partition coefficient (Wildman–Crippen LogP) is 1.68. The van der Waals surface area contributed by atoms with Crippen LogP contribution in [0.5, 0.6) is 11.5 Å². The van der Waals surface area contributed by atoms with Crippen molar-refractivity contribution in [1.82, 2.24) is 0 Å². The molecule has 2 N–H and O–H groups in total. The molecule has 10 heteroatoms. The fourth-order valence-corrected chi connectivity index (χ4v) is 5.07. The number of rotatable bonds is 3. The molecule has 0 saturated carbocycles. The highest BCUT2D eigenvalue weighted by Gasteiger charge is 2.58. The van der Waals surface area contributed by atoms with Crippen molar-refractivity contribution in [2.75, 3.05) is 18.1 Å². The third-order valence-electron chi connectivity index (χ3n) is 5.70. The lowest BCUT2D eigenvalue weighted by Gasteiger charge is -2.48. The summed E-state index contributed by atoms with van der Waals surface area (Å²) in [5, 5.41) is 11.5. The van der Waals surface area contributed by atoms with Gasteiger partial charge in [0, 0.05) is 5.56 Å². The van der Waals surface area contributed by atoms with Gasteiger partial charge < -0.3 is 29.0 Å². The highest BCUT2D eigenvalue weighted by molar-refractivity contribution is 7.86. The van der Waals surface area contributed by atoms with Crippen LogP contribution in [-0.2, 0) is 19.6 Å². The molecular weight excluding hydrogens is 414 g/mol. The van der Waals surface area contributed by atoms with Gasteiger partial charge in [-0.2, -0.15) is 8.42 Å². The van der Waals surface area contributed by atoms with Crippen molar-refractivity contribution in [2.45, 2.75) is 36.5 Å². The molecule has 0 aliphatic carbocycles. The molecular formula is C20H21NO8S. The smallest absolute Gasteiger partial charge is 0.324 e. The minimum absolute atomic E-state index is 0.284. The first-order valence-electron chi connectivity index (χ1n) is 9.50. The minimum Gasteiger partial charge on any atom is -0.479 e. The van der Waals surface area contributed by atoms with Gasteiger partial charge >= 0.3 is 15.7 Å². The Morgan fingerprint density at radius 3 is 2.37 bits per heavy atom. The van der Waals surface area contributed by atoms with Crippen LogP contribution in [0.3, 0.4) is 0 Å². The molecule has 4 unspecified atom stereocenters. The fraction of sp³-hybridized carbons (Fsp3) is 0.400. The van der Waals surface area contributed by atoms with Gasteiger partial charge in [0.1, 0.15) is 17.6 Å². The second-order valence-corrected chi connectivity index (χ2v) is 9.03. The number of ether oxygens (including phenoxy) is 4. The zero-order chi connectivity index (χ0) is 21.1. The summed E-state index contributed by atoms with van der Waals surface area (Å²) >= 11 is 0. The van der Waals surface area contributed by atoms with Crippen molar-refractivity contribution in [3.8, 4) is 11.5 Å². The molecule has 2 aromatic carbocycles. The molecule has 5 rings (SSSR count). The maximum atomic E-state index is 12.2. The number of hydrogen-bond donors (Lipinski definition) is 2. The van der Waals surface area contributed by atoms with E-state index in [1.165, 1.54) is 4.90 Å². The lowest BCUT2D eigenvalue weighted by Crippen LogP contribution is -2.63. The van der Waals surface area contributed by atoms with Gasteiger partial charge in [-0.05, 0) is 25.1 Å². The molecule has 2 aromatic rings.